The normalized spacial score (nSPS) is 11.0. The van der Waals surface area contributed by atoms with Crippen molar-refractivity contribution in [1.82, 2.24) is 10.4 Å². The number of aryl methyl sites for hydroxylation is 1. The lowest BCUT2D eigenvalue weighted by Gasteiger charge is -2.03. The highest BCUT2D eigenvalue weighted by Crippen LogP contribution is 2.11. The number of phenolic OH excluding ortho intramolecular Hbond substituents is 1. The molecule has 0 aliphatic carbocycles. The van der Waals surface area contributed by atoms with Gasteiger partial charge in [-0.1, -0.05) is 0 Å². The molecule has 0 aliphatic rings. The van der Waals surface area contributed by atoms with Gasteiger partial charge in [0.25, 0.3) is 5.91 Å². The molecule has 1 amide bonds. The zero-order valence-corrected chi connectivity index (χ0v) is 12.9. The number of nitrogens with one attached hydrogen (secondary N) is 2. The van der Waals surface area contributed by atoms with Gasteiger partial charge in [-0.3, -0.25) is 9.59 Å². The fourth-order valence-electron chi connectivity index (χ4n) is 2.31. The monoisotopic (exact) mass is 321 g/mol. The number of aromatic hydroxyl groups is 1. The van der Waals surface area contributed by atoms with Crippen molar-refractivity contribution < 1.29 is 9.90 Å². The molecule has 1 heterocycles. The Kier molecular flexibility index (Phi) is 4.11. The highest BCUT2D eigenvalue weighted by atomic mass is 16.3. The van der Waals surface area contributed by atoms with E-state index in [-0.39, 0.29) is 11.2 Å². The Morgan fingerprint density at radius 2 is 1.92 bits per heavy atom. The zero-order valence-electron chi connectivity index (χ0n) is 12.9. The molecule has 0 saturated heterocycles. The number of carbonyl (C=O) groups is 1. The first-order valence-electron chi connectivity index (χ1n) is 7.29. The van der Waals surface area contributed by atoms with E-state index in [0.717, 1.165) is 11.3 Å². The molecule has 3 N–H and O–H groups in total. The van der Waals surface area contributed by atoms with Gasteiger partial charge in [-0.2, -0.15) is 5.10 Å². The molecule has 0 aliphatic heterocycles. The lowest BCUT2D eigenvalue weighted by Crippen LogP contribution is -2.18. The number of phenols is 1. The summed E-state index contributed by atoms with van der Waals surface area (Å²) in [4.78, 5) is 27.2. The summed E-state index contributed by atoms with van der Waals surface area (Å²) in [7, 11) is 0. The lowest BCUT2D eigenvalue weighted by atomic mass is 10.1. The van der Waals surface area contributed by atoms with Crippen molar-refractivity contribution in [2.75, 3.05) is 0 Å². The predicted molar refractivity (Wildman–Crippen MR) is 92.5 cm³/mol. The highest BCUT2D eigenvalue weighted by Gasteiger charge is 2.07. The van der Waals surface area contributed by atoms with Crippen molar-refractivity contribution in [3.05, 3.63) is 75.6 Å². The van der Waals surface area contributed by atoms with Crippen LogP contribution < -0.4 is 10.9 Å². The van der Waals surface area contributed by atoms with Crippen LogP contribution in [0.4, 0.5) is 0 Å². The van der Waals surface area contributed by atoms with E-state index in [1.807, 2.05) is 0 Å². The smallest absolute Gasteiger partial charge is 0.271 e. The largest absolute Gasteiger partial charge is 0.508 e. The summed E-state index contributed by atoms with van der Waals surface area (Å²) in [6.45, 7) is 1.81. The molecule has 0 saturated carbocycles. The van der Waals surface area contributed by atoms with Crippen molar-refractivity contribution in [2.45, 2.75) is 6.92 Å². The van der Waals surface area contributed by atoms with Gasteiger partial charge in [0.15, 0.2) is 5.43 Å². The molecular weight excluding hydrogens is 306 g/mol. The van der Waals surface area contributed by atoms with E-state index >= 15 is 0 Å². The molecule has 6 nitrogen and oxygen atoms in total. The van der Waals surface area contributed by atoms with Gasteiger partial charge in [-0.15, -0.1) is 0 Å². The Bertz CT molecular complexity index is 989. The third-order valence-electron chi connectivity index (χ3n) is 3.50. The minimum atomic E-state index is -0.410. The quantitative estimate of drug-likeness (QED) is 0.510. The second-order valence-corrected chi connectivity index (χ2v) is 5.37. The van der Waals surface area contributed by atoms with E-state index in [1.54, 1.807) is 37.3 Å². The van der Waals surface area contributed by atoms with Gasteiger partial charge in [0.2, 0.25) is 0 Å². The second kappa shape index (κ2) is 6.37. The highest BCUT2D eigenvalue weighted by molar-refractivity contribution is 5.98. The minimum absolute atomic E-state index is 0.136. The summed E-state index contributed by atoms with van der Waals surface area (Å²) in [6, 6.07) is 12.8. The van der Waals surface area contributed by atoms with Gasteiger partial charge in [0.1, 0.15) is 5.75 Å². The zero-order chi connectivity index (χ0) is 17.1. The summed E-state index contributed by atoms with van der Waals surface area (Å²) >= 11 is 0. The number of aromatic amines is 1. The van der Waals surface area contributed by atoms with Crippen LogP contribution in [0.2, 0.25) is 0 Å². The van der Waals surface area contributed by atoms with Crippen LogP contribution in [0.3, 0.4) is 0 Å². The maximum atomic E-state index is 12.1. The van der Waals surface area contributed by atoms with Crippen LogP contribution >= 0.6 is 0 Å². The summed E-state index contributed by atoms with van der Waals surface area (Å²) < 4.78 is 0. The van der Waals surface area contributed by atoms with Crippen LogP contribution in [-0.2, 0) is 0 Å². The molecule has 0 fully saturated rings. The van der Waals surface area contributed by atoms with Crippen molar-refractivity contribution in [1.29, 1.82) is 0 Å². The van der Waals surface area contributed by atoms with E-state index in [0.29, 0.717) is 16.5 Å². The third kappa shape index (κ3) is 3.33. The molecule has 3 aromatic rings. The standard InChI is InChI=1S/C18H15N3O3/c1-11-8-17(23)15-9-13(4-7-16(15)20-11)18(24)21-19-10-12-2-5-14(22)6-3-12/h2-10,22H,1H3,(H,20,23)(H,21,24). The number of carbonyl (C=O) groups excluding carboxylic acids is 1. The van der Waals surface area contributed by atoms with Crippen molar-refractivity contribution in [3.8, 4) is 5.75 Å². The van der Waals surface area contributed by atoms with Crippen LogP contribution in [0.15, 0.2) is 58.4 Å². The molecule has 120 valence electrons. The molecule has 1 aromatic heterocycles. The number of rotatable bonds is 3. The molecule has 0 atom stereocenters. The molecule has 24 heavy (non-hydrogen) atoms. The Hall–Kier alpha value is -3.41. The number of hydrogen-bond acceptors (Lipinski definition) is 4. The Balaban J connectivity index is 1.78. The van der Waals surface area contributed by atoms with E-state index in [9.17, 15) is 14.7 Å². The summed E-state index contributed by atoms with van der Waals surface area (Å²) in [5.41, 5.74) is 4.81. The average molecular weight is 321 g/mol. The molecule has 0 unspecified atom stereocenters. The Morgan fingerprint density at radius 1 is 1.17 bits per heavy atom. The number of H-pyrrole nitrogens is 1. The van der Waals surface area contributed by atoms with Gasteiger partial charge in [-0.25, -0.2) is 5.43 Å². The molecule has 3 rings (SSSR count). The summed E-state index contributed by atoms with van der Waals surface area (Å²) in [6.07, 6.45) is 1.47. The number of aromatic nitrogens is 1. The summed E-state index contributed by atoms with van der Waals surface area (Å²) in [5, 5.41) is 13.5. The van der Waals surface area contributed by atoms with E-state index in [2.05, 4.69) is 15.5 Å². The number of fused-ring (bicyclic) bond motifs is 1. The van der Waals surface area contributed by atoms with Gasteiger partial charge in [0, 0.05) is 28.2 Å². The van der Waals surface area contributed by atoms with Crippen LogP contribution in [0.1, 0.15) is 21.6 Å². The number of pyridine rings is 1. The molecule has 2 aromatic carbocycles. The maximum Gasteiger partial charge on any atom is 0.271 e. The number of hydrazone groups is 1. The first kappa shape index (κ1) is 15.5. The Morgan fingerprint density at radius 3 is 2.67 bits per heavy atom. The first-order chi connectivity index (χ1) is 11.5. The van der Waals surface area contributed by atoms with Crippen molar-refractivity contribution >= 4 is 23.0 Å². The lowest BCUT2D eigenvalue weighted by molar-refractivity contribution is 0.0955. The first-order valence-corrected chi connectivity index (χ1v) is 7.29. The van der Waals surface area contributed by atoms with Crippen LogP contribution in [0.25, 0.3) is 10.9 Å². The second-order valence-electron chi connectivity index (χ2n) is 5.37. The third-order valence-corrected chi connectivity index (χ3v) is 3.50. The topological polar surface area (TPSA) is 94.6 Å². The molecule has 6 heteroatoms. The molecule has 0 spiro atoms. The number of benzene rings is 2. The Labute approximate surface area is 137 Å². The van der Waals surface area contributed by atoms with Crippen LogP contribution in [0, 0.1) is 6.92 Å². The molecular formula is C18H15N3O3. The van der Waals surface area contributed by atoms with E-state index < -0.39 is 5.91 Å². The number of amides is 1. The fourth-order valence-corrected chi connectivity index (χ4v) is 2.31. The van der Waals surface area contributed by atoms with E-state index in [4.69, 9.17) is 0 Å². The number of hydrogen-bond donors (Lipinski definition) is 3. The van der Waals surface area contributed by atoms with Gasteiger partial charge >= 0.3 is 0 Å². The predicted octanol–water partition coefficient (Wildman–Crippen LogP) is 2.31. The number of nitrogens with zero attached hydrogens (tertiary/aromatic N) is 1. The molecule has 0 radical (unpaired) electrons. The van der Waals surface area contributed by atoms with Gasteiger partial charge < -0.3 is 10.1 Å². The van der Waals surface area contributed by atoms with Gasteiger partial charge in [-0.05, 0) is 55.0 Å². The van der Waals surface area contributed by atoms with Gasteiger partial charge in [0.05, 0.1) is 6.21 Å². The maximum absolute atomic E-state index is 12.1. The van der Waals surface area contributed by atoms with Crippen LogP contribution in [-0.4, -0.2) is 22.2 Å². The van der Waals surface area contributed by atoms with Crippen molar-refractivity contribution in [2.24, 2.45) is 5.10 Å². The fraction of sp³-hybridized carbons (Fsp3) is 0.0556. The minimum Gasteiger partial charge on any atom is -0.508 e. The van der Waals surface area contributed by atoms with Crippen molar-refractivity contribution in [3.63, 3.8) is 0 Å². The molecule has 0 bridgehead atoms. The van der Waals surface area contributed by atoms with Crippen LogP contribution in [0.5, 0.6) is 5.75 Å². The average Bonchev–Trinajstić information content (AvgIpc) is 2.56. The van der Waals surface area contributed by atoms with E-state index in [1.165, 1.54) is 24.4 Å². The SMILES string of the molecule is Cc1cc(=O)c2cc(C(=O)NN=Cc3ccc(O)cc3)ccc2[nH]1. The summed E-state index contributed by atoms with van der Waals surface area (Å²) in [5.74, 6) is -0.250.